The van der Waals surface area contributed by atoms with Crippen molar-refractivity contribution in [2.24, 2.45) is 0 Å². The lowest BCUT2D eigenvalue weighted by atomic mass is 10.1. The molecule has 0 unspecified atom stereocenters. The molecule has 0 aliphatic heterocycles. The SMILES string of the molecule is CSC[C]1CCCC1. The van der Waals surface area contributed by atoms with Gasteiger partial charge in [0.2, 0.25) is 0 Å². The smallest absolute Gasteiger partial charge is 0.000796 e. The maximum absolute atomic E-state index is 2.19. The quantitative estimate of drug-likeness (QED) is 0.552. The fourth-order valence-electron chi connectivity index (χ4n) is 1.22. The van der Waals surface area contributed by atoms with Crippen LogP contribution in [0.25, 0.3) is 0 Å². The van der Waals surface area contributed by atoms with Crippen molar-refractivity contribution in [2.45, 2.75) is 25.7 Å². The highest BCUT2D eigenvalue weighted by Crippen LogP contribution is 2.28. The summed E-state index contributed by atoms with van der Waals surface area (Å²) in [5, 5.41) is 0. The largest absolute Gasteiger partial charge is 0.165 e. The van der Waals surface area contributed by atoms with Crippen molar-refractivity contribution in [3.63, 3.8) is 0 Å². The van der Waals surface area contributed by atoms with Gasteiger partial charge in [0.25, 0.3) is 0 Å². The molecular formula is C7H13S. The Morgan fingerprint density at radius 2 is 2.00 bits per heavy atom. The van der Waals surface area contributed by atoms with Gasteiger partial charge in [-0.3, -0.25) is 0 Å². The minimum Gasteiger partial charge on any atom is -0.165 e. The van der Waals surface area contributed by atoms with Gasteiger partial charge in [-0.25, -0.2) is 0 Å². The van der Waals surface area contributed by atoms with Crippen LogP contribution in [0, 0.1) is 5.92 Å². The summed E-state index contributed by atoms with van der Waals surface area (Å²) < 4.78 is 0. The third-order valence-corrected chi connectivity index (χ3v) is 2.36. The second kappa shape index (κ2) is 3.39. The van der Waals surface area contributed by atoms with Crippen molar-refractivity contribution in [3.05, 3.63) is 5.92 Å². The van der Waals surface area contributed by atoms with Gasteiger partial charge in [0, 0.05) is 0 Å². The molecule has 1 fully saturated rings. The van der Waals surface area contributed by atoms with Gasteiger partial charge in [-0.05, 0) is 30.8 Å². The molecule has 0 amide bonds. The van der Waals surface area contributed by atoms with E-state index in [4.69, 9.17) is 0 Å². The van der Waals surface area contributed by atoms with Crippen LogP contribution in [-0.4, -0.2) is 12.0 Å². The molecule has 1 rings (SSSR count). The molecule has 1 radical (unpaired) electrons. The highest BCUT2D eigenvalue weighted by atomic mass is 32.2. The average Bonchev–Trinajstić information content (AvgIpc) is 2.19. The summed E-state index contributed by atoms with van der Waals surface area (Å²) in [6, 6.07) is 0. The fraction of sp³-hybridized carbons (Fsp3) is 0.857. The second-order valence-electron chi connectivity index (χ2n) is 2.39. The minimum atomic E-state index is 1.32. The third-order valence-electron chi connectivity index (χ3n) is 1.66. The summed E-state index contributed by atoms with van der Waals surface area (Å²) in [7, 11) is 0. The Balaban J connectivity index is 2.06. The first kappa shape index (κ1) is 6.47. The predicted octanol–water partition coefficient (Wildman–Crippen LogP) is 2.50. The Labute approximate surface area is 56.0 Å². The monoisotopic (exact) mass is 129 g/mol. The zero-order chi connectivity index (χ0) is 5.82. The minimum absolute atomic E-state index is 1.32. The molecule has 8 heavy (non-hydrogen) atoms. The number of hydrogen-bond donors (Lipinski definition) is 0. The van der Waals surface area contributed by atoms with Crippen LogP contribution < -0.4 is 0 Å². The summed E-state index contributed by atoms with van der Waals surface area (Å²) in [4.78, 5) is 0. The van der Waals surface area contributed by atoms with Crippen molar-refractivity contribution < 1.29 is 0 Å². The third kappa shape index (κ3) is 1.70. The van der Waals surface area contributed by atoms with E-state index in [2.05, 4.69) is 6.26 Å². The Morgan fingerprint density at radius 1 is 1.38 bits per heavy atom. The van der Waals surface area contributed by atoms with E-state index in [-0.39, 0.29) is 0 Å². The van der Waals surface area contributed by atoms with Crippen LogP contribution in [0.3, 0.4) is 0 Å². The summed E-state index contributed by atoms with van der Waals surface area (Å²) in [5.41, 5.74) is 0. The molecule has 0 aromatic heterocycles. The topological polar surface area (TPSA) is 0 Å². The van der Waals surface area contributed by atoms with E-state index < -0.39 is 0 Å². The first-order valence-corrected chi connectivity index (χ1v) is 4.65. The standard InChI is InChI=1S/C7H13S/c1-8-6-7-4-2-3-5-7/h2-6H2,1H3. The Kier molecular flexibility index (Phi) is 2.74. The normalized spacial score (nSPS) is 22.1. The first-order valence-electron chi connectivity index (χ1n) is 3.26. The van der Waals surface area contributed by atoms with Gasteiger partial charge in [-0.15, -0.1) is 0 Å². The number of rotatable bonds is 2. The van der Waals surface area contributed by atoms with E-state index >= 15 is 0 Å². The predicted molar refractivity (Wildman–Crippen MR) is 40.1 cm³/mol. The van der Waals surface area contributed by atoms with E-state index in [1.807, 2.05) is 11.8 Å². The van der Waals surface area contributed by atoms with Crippen molar-refractivity contribution in [1.29, 1.82) is 0 Å². The molecular weight excluding hydrogens is 116 g/mol. The van der Waals surface area contributed by atoms with Crippen molar-refractivity contribution in [2.75, 3.05) is 12.0 Å². The fourth-order valence-corrected chi connectivity index (χ4v) is 1.92. The molecule has 1 heteroatoms. The van der Waals surface area contributed by atoms with Crippen molar-refractivity contribution in [1.82, 2.24) is 0 Å². The molecule has 0 heterocycles. The van der Waals surface area contributed by atoms with Crippen molar-refractivity contribution >= 4 is 11.8 Å². The van der Waals surface area contributed by atoms with Gasteiger partial charge in [0.15, 0.2) is 0 Å². The second-order valence-corrected chi connectivity index (χ2v) is 3.26. The van der Waals surface area contributed by atoms with E-state index in [1.165, 1.54) is 31.4 Å². The van der Waals surface area contributed by atoms with E-state index in [1.54, 1.807) is 5.92 Å². The molecule has 1 saturated carbocycles. The van der Waals surface area contributed by atoms with Crippen LogP contribution >= 0.6 is 11.8 Å². The zero-order valence-electron chi connectivity index (χ0n) is 5.44. The molecule has 0 atom stereocenters. The molecule has 0 bridgehead atoms. The van der Waals surface area contributed by atoms with E-state index in [9.17, 15) is 0 Å². The van der Waals surface area contributed by atoms with Crippen LogP contribution in [0.5, 0.6) is 0 Å². The average molecular weight is 129 g/mol. The van der Waals surface area contributed by atoms with Crippen LogP contribution in [0.4, 0.5) is 0 Å². The maximum Gasteiger partial charge on any atom is -0.000796 e. The molecule has 0 aromatic carbocycles. The van der Waals surface area contributed by atoms with E-state index in [0.717, 1.165) is 0 Å². The molecule has 0 nitrogen and oxygen atoms in total. The molecule has 47 valence electrons. The van der Waals surface area contributed by atoms with Gasteiger partial charge >= 0.3 is 0 Å². The lowest BCUT2D eigenvalue weighted by molar-refractivity contribution is 0.886. The molecule has 0 aromatic rings. The van der Waals surface area contributed by atoms with Crippen molar-refractivity contribution in [3.8, 4) is 0 Å². The van der Waals surface area contributed by atoms with Gasteiger partial charge in [-0.2, -0.15) is 11.8 Å². The van der Waals surface area contributed by atoms with Crippen LogP contribution in [0.1, 0.15) is 25.7 Å². The summed E-state index contributed by atoms with van der Waals surface area (Å²) in [5.74, 6) is 3.11. The molecule has 0 saturated heterocycles. The summed E-state index contributed by atoms with van der Waals surface area (Å²) in [6.07, 6.45) is 7.93. The summed E-state index contributed by atoms with van der Waals surface area (Å²) in [6.45, 7) is 0. The maximum atomic E-state index is 2.19. The number of thioether (sulfide) groups is 1. The lowest BCUT2D eigenvalue weighted by Gasteiger charge is -2.02. The Morgan fingerprint density at radius 3 is 2.50 bits per heavy atom. The summed E-state index contributed by atoms with van der Waals surface area (Å²) >= 11 is 1.96. The highest BCUT2D eigenvalue weighted by Gasteiger charge is 2.13. The van der Waals surface area contributed by atoms with Gasteiger partial charge < -0.3 is 0 Å². The molecule has 0 spiro atoms. The van der Waals surface area contributed by atoms with Crippen LogP contribution in [0.2, 0.25) is 0 Å². The molecule has 1 aliphatic rings. The highest BCUT2D eigenvalue weighted by molar-refractivity contribution is 7.98. The van der Waals surface area contributed by atoms with Gasteiger partial charge in [0.1, 0.15) is 0 Å². The van der Waals surface area contributed by atoms with Gasteiger partial charge in [-0.1, -0.05) is 12.8 Å². The van der Waals surface area contributed by atoms with Crippen LogP contribution in [-0.2, 0) is 0 Å². The van der Waals surface area contributed by atoms with E-state index in [0.29, 0.717) is 0 Å². The number of hydrogen-bond acceptors (Lipinski definition) is 1. The Bertz CT molecular complexity index is 55.4. The van der Waals surface area contributed by atoms with Crippen LogP contribution in [0.15, 0.2) is 0 Å². The molecule has 0 N–H and O–H groups in total. The molecule has 1 aliphatic carbocycles. The lowest BCUT2D eigenvalue weighted by Crippen LogP contribution is -1.91. The zero-order valence-corrected chi connectivity index (χ0v) is 6.26. The Hall–Kier alpha value is 0.350. The van der Waals surface area contributed by atoms with Gasteiger partial charge in [0.05, 0.1) is 0 Å². The first-order chi connectivity index (χ1) is 3.93.